The lowest BCUT2D eigenvalue weighted by molar-refractivity contribution is 0.457. The van der Waals surface area contributed by atoms with E-state index in [4.69, 9.17) is 0 Å². The molecule has 1 atom stereocenters. The average molecular weight is 1200 g/mol. The second-order valence-corrected chi connectivity index (χ2v) is 29.6. The highest BCUT2D eigenvalue weighted by atomic mass is 19.1. The van der Waals surface area contributed by atoms with Crippen LogP contribution in [0.25, 0.3) is 93.4 Å². The van der Waals surface area contributed by atoms with Gasteiger partial charge in [-0.05, 0) is 194 Å². The summed E-state index contributed by atoms with van der Waals surface area (Å²) in [5.41, 5.74) is 17.6. The summed E-state index contributed by atoms with van der Waals surface area (Å²) in [6, 6.07) is 63.7. The molecule has 91 heavy (non-hydrogen) atoms. The van der Waals surface area contributed by atoms with Crippen molar-refractivity contribution in [2.24, 2.45) is 11.3 Å². The number of hydrogen-bond donors (Lipinski definition) is 1. The van der Waals surface area contributed by atoms with Crippen LogP contribution < -0.4 is 5.32 Å². The van der Waals surface area contributed by atoms with Crippen molar-refractivity contribution in [3.05, 3.63) is 264 Å². The van der Waals surface area contributed by atoms with Gasteiger partial charge in [-0.25, -0.2) is 8.78 Å². The number of hydrogen-bond acceptors (Lipinski definition) is 1. The smallest absolute Gasteiger partial charge is 0.123 e. The molecule has 0 saturated carbocycles. The molecule has 6 heteroatoms. The fraction of sp³-hybridized carbons (Fsp3) is 0.271. The largest absolute Gasteiger partial charge is 0.355 e. The van der Waals surface area contributed by atoms with Gasteiger partial charge in [0.25, 0.3) is 0 Å². The van der Waals surface area contributed by atoms with E-state index < -0.39 is 11.1 Å². The van der Waals surface area contributed by atoms with Crippen LogP contribution in [0.3, 0.4) is 0 Å². The van der Waals surface area contributed by atoms with Crippen LogP contribution in [0, 0.1) is 23.0 Å². The van der Waals surface area contributed by atoms with E-state index in [1.165, 1.54) is 22.3 Å². The Labute approximate surface area is 536 Å². The van der Waals surface area contributed by atoms with E-state index in [1.807, 2.05) is 30.3 Å². The van der Waals surface area contributed by atoms with Crippen molar-refractivity contribution in [1.82, 2.24) is 13.7 Å². The van der Waals surface area contributed by atoms with Gasteiger partial charge in [0.1, 0.15) is 11.6 Å². The molecule has 0 fully saturated rings. The minimum absolute atomic E-state index is 0.0230. The molecule has 0 aliphatic heterocycles. The Morgan fingerprint density at radius 3 is 1.34 bits per heavy atom. The number of fused-ring (bicyclic) bond motifs is 9. The van der Waals surface area contributed by atoms with E-state index in [2.05, 4.69) is 274 Å². The lowest BCUT2D eigenvalue weighted by atomic mass is 9.74. The Kier molecular flexibility index (Phi) is 15.0. The Bertz CT molecular complexity index is 4790. The Morgan fingerprint density at radius 1 is 0.505 bits per heavy atom. The highest BCUT2D eigenvalue weighted by molar-refractivity contribution is 6.13. The summed E-state index contributed by atoms with van der Waals surface area (Å²) >= 11 is 0. The third-order valence-corrected chi connectivity index (χ3v) is 19.9. The number of benzene rings is 9. The van der Waals surface area contributed by atoms with Gasteiger partial charge in [-0.2, -0.15) is 0 Å². The summed E-state index contributed by atoms with van der Waals surface area (Å²) in [7, 11) is 0. The number of nitrogens with zero attached hydrogens (tertiary/aromatic N) is 3. The van der Waals surface area contributed by atoms with Crippen LogP contribution in [0.15, 0.2) is 230 Å². The summed E-state index contributed by atoms with van der Waals surface area (Å²) in [5.74, 6) is -0.419. The van der Waals surface area contributed by atoms with Crippen LogP contribution in [-0.4, -0.2) is 13.7 Å². The Balaban J connectivity index is 1.31. The number of rotatable bonds is 13. The fourth-order valence-corrected chi connectivity index (χ4v) is 15.2. The Hall–Kier alpha value is -9.00. The first-order valence-electron chi connectivity index (χ1n) is 32.6. The molecule has 0 bridgehead atoms. The van der Waals surface area contributed by atoms with Crippen LogP contribution in [0.5, 0.6) is 0 Å². The third kappa shape index (κ3) is 10.4. The van der Waals surface area contributed by atoms with Gasteiger partial charge in [0.15, 0.2) is 0 Å². The second kappa shape index (κ2) is 22.4. The van der Waals surface area contributed by atoms with Crippen molar-refractivity contribution in [2.45, 2.75) is 138 Å². The molecule has 1 aliphatic rings. The molecule has 0 saturated heterocycles. The number of para-hydroxylation sites is 4. The SMILES string of the molecule is C=C/C(=C\CC[C@H]1CC=CC(Nc2c(-c3ccc(F)cc3)c(C(C)(C)n3c4ccccc4c4ccccc43)c(-c3ccc(F)cc3)c(-n3c4ccc(C(C)(C)C)cc4c4cc(C(C)(C)C)ccc43)c2C(C)(C)n2c3ccccc3c3ccccc32)=C1C)C(C)(C)C. The number of aromatic nitrogens is 3. The molecule has 460 valence electrons. The molecule has 0 radical (unpaired) electrons. The first kappa shape index (κ1) is 60.9. The maximum atomic E-state index is 16.2. The van der Waals surface area contributed by atoms with Crippen LogP contribution in [-0.2, 0) is 21.9 Å². The van der Waals surface area contributed by atoms with Gasteiger partial charge in [0, 0.05) is 76.8 Å². The second-order valence-electron chi connectivity index (χ2n) is 29.6. The lowest BCUT2D eigenvalue weighted by Crippen LogP contribution is -2.34. The van der Waals surface area contributed by atoms with E-state index >= 15 is 8.78 Å². The molecule has 13 rings (SSSR count). The van der Waals surface area contributed by atoms with Crippen LogP contribution in [0.4, 0.5) is 14.5 Å². The van der Waals surface area contributed by atoms with Gasteiger partial charge >= 0.3 is 0 Å². The number of allylic oxidation sites excluding steroid dienone is 6. The van der Waals surface area contributed by atoms with E-state index in [1.54, 1.807) is 24.3 Å². The first-order valence-corrected chi connectivity index (χ1v) is 32.6. The Morgan fingerprint density at radius 2 is 0.923 bits per heavy atom. The molecular weight excluding hydrogens is 1110 g/mol. The zero-order valence-electron chi connectivity index (χ0n) is 55.6. The van der Waals surface area contributed by atoms with Crippen LogP contribution >= 0.6 is 0 Å². The maximum absolute atomic E-state index is 16.2. The lowest BCUT2D eigenvalue weighted by Gasteiger charge is -2.42. The average Bonchev–Trinajstić information content (AvgIpc) is 1.68. The van der Waals surface area contributed by atoms with Crippen molar-refractivity contribution in [1.29, 1.82) is 0 Å². The third-order valence-electron chi connectivity index (χ3n) is 19.9. The molecule has 0 unspecified atom stereocenters. The molecule has 4 nitrogen and oxygen atoms in total. The molecule has 0 amide bonds. The van der Waals surface area contributed by atoms with Gasteiger partial charge in [-0.3, -0.25) is 0 Å². The molecule has 0 spiro atoms. The monoisotopic (exact) mass is 1200 g/mol. The highest BCUT2D eigenvalue weighted by Crippen LogP contribution is 2.57. The summed E-state index contributed by atoms with van der Waals surface area (Å²) in [4.78, 5) is 0. The zero-order valence-corrected chi connectivity index (χ0v) is 55.6. The normalized spacial score (nSPS) is 14.8. The number of anilines is 1. The molecule has 1 aliphatic carbocycles. The minimum Gasteiger partial charge on any atom is -0.355 e. The van der Waals surface area contributed by atoms with Crippen molar-refractivity contribution < 1.29 is 8.78 Å². The highest BCUT2D eigenvalue weighted by Gasteiger charge is 2.43. The van der Waals surface area contributed by atoms with E-state index in [0.29, 0.717) is 0 Å². The van der Waals surface area contributed by atoms with Crippen LogP contribution in [0.2, 0.25) is 0 Å². The van der Waals surface area contributed by atoms with E-state index in [-0.39, 0.29) is 33.8 Å². The van der Waals surface area contributed by atoms with Crippen LogP contribution in [0.1, 0.15) is 138 Å². The minimum atomic E-state index is -0.940. The quantitative estimate of drug-likeness (QED) is 0.114. The van der Waals surface area contributed by atoms with Crippen molar-refractivity contribution in [3.63, 3.8) is 0 Å². The van der Waals surface area contributed by atoms with Crippen molar-refractivity contribution in [2.75, 3.05) is 5.32 Å². The van der Waals surface area contributed by atoms with E-state index in [9.17, 15) is 0 Å². The van der Waals surface area contributed by atoms with Gasteiger partial charge in [0.05, 0.1) is 33.5 Å². The number of nitrogens with one attached hydrogen (secondary N) is 1. The van der Waals surface area contributed by atoms with Gasteiger partial charge in [0.2, 0.25) is 0 Å². The summed E-state index contributed by atoms with van der Waals surface area (Å²) in [6.07, 6.45) is 11.8. The first-order chi connectivity index (χ1) is 43.3. The van der Waals surface area contributed by atoms with Gasteiger partial charge < -0.3 is 19.0 Å². The summed E-state index contributed by atoms with van der Waals surface area (Å²) in [6.45, 7) is 36.6. The molecular formula is C85H86F2N4. The predicted molar refractivity (Wildman–Crippen MR) is 385 cm³/mol. The topological polar surface area (TPSA) is 26.8 Å². The fourth-order valence-electron chi connectivity index (χ4n) is 15.2. The molecule has 12 aromatic rings. The summed E-state index contributed by atoms with van der Waals surface area (Å²) in [5, 5.41) is 11.4. The van der Waals surface area contributed by atoms with Gasteiger partial charge in [-0.15, -0.1) is 0 Å². The molecule has 1 N–H and O–H groups in total. The van der Waals surface area contributed by atoms with Crippen molar-refractivity contribution >= 4 is 71.1 Å². The van der Waals surface area contributed by atoms with Crippen molar-refractivity contribution in [3.8, 4) is 27.9 Å². The van der Waals surface area contributed by atoms with Gasteiger partial charge in [-0.1, -0.05) is 196 Å². The summed E-state index contributed by atoms with van der Waals surface area (Å²) < 4.78 is 40.0. The standard InChI is InChI=1S/C85H86F2N4/c1-16-57(81(3,4)5)29-25-27-54-28-26-34-68(53(54)2)88-79-75(55-39-45-60(86)46-40-55)77(84(12,13)90-71-35-21-17-30-62(71)63-31-18-22-36-72(63)90)76(56-41-47-61(87)48-42-56)80(78(79)85(14,15)91-73-37-23-19-32-64(73)65-33-20-24-38-74(65)91)89-69-49-43-58(82(6,7)8)51-66(69)67-52-59(83(9,10)11)44-50-70(67)89/h16-24,26,29-52,54,88H,1,25,27-28H2,2-15H3/b57-29+/t54-/m0/s1. The van der Waals surface area contributed by atoms with E-state index in [0.717, 1.165) is 135 Å². The molecule has 3 heterocycles. The number of halogens is 2. The maximum Gasteiger partial charge on any atom is 0.123 e. The predicted octanol–water partition coefficient (Wildman–Crippen LogP) is 24.0. The molecule has 9 aromatic carbocycles. The zero-order chi connectivity index (χ0) is 64.3. The molecule has 3 aromatic heterocycles.